The van der Waals surface area contributed by atoms with E-state index >= 15 is 0 Å². The second-order valence-corrected chi connectivity index (χ2v) is 8.44. The number of anilines is 1. The third-order valence-electron chi connectivity index (χ3n) is 4.81. The zero-order valence-corrected chi connectivity index (χ0v) is 17.8. The quantitative estimate of drug-likeness (QED) is 0.688. The van der Waals surface area contributed by atoms with Crippen LogP contribution in [0.4, 0.5) is 5.69 Å². The van der Waals surface area contributed by atoms with Gasteiger partial charge in [-0.25, -0.2) is 4.99 Å². The maximum Gasteiger partial charge on any atom is 0.284 e. The third kappa shape index (κ3) is 4.48. The highest BCUT2D eigenvalue weighted by Crippen LogP contribution is 2.40. The molecule has 0 bridgehead atoms. The predicted molar refractivity (Wildman–Crippen MR) is 125 cm³/mol. The Labute approximate surface area is 184 Å². The number of rotatable bonds is 5. The molecule has 1 unspecified atom stereocenters. The van der Waals surface area contributed by atoms with Gasteiger partial charge < -0.3 is 5.32 Å². The molecule has 0 radical (unpaired) electrons. The molecule has 30 heavy (non-hydrogen) atoms. The summed E-state index contributed by atoms with van der Waals surface area (Å²) in [6.45, 7) is 1.99. The number of nitrogens with one attached hydrogen (secondary N) is 1. The van der Waals surface area contributed by atoms with Crippen LogP contribution in [0.3, 0.4) is 0 Å². The molecule has 1 aliphatic carbocycles. The Morgan fingerprint density at radius 2 is 1.83 bits per heavy atom. The molecule has 4 nitrogen and oxygen atoms in total. The van der Waals surface area contributed by atoms with E-state index in [4.69, 9.17) is 11.6 Å². The second-order valence-electron chi connectivity index (χ2n) is 7.02. The Hall–Kier alpha value is -2.89. The molecule has 1 aliphatic heterocycles. The van der Waals surface area contributed by atoms with Crippen molar-refractivity contribution in [3.63, 3.8) is 0 Å². The fraction of sp³-hybridized carbons (Fsp3) is 0.125. The summed E-state index contributed by atoms with van der Waals surface area (Å²) in [6, 6.07) is 17.3. The molecule has 0 saturated carbocycles. The number of allylic oxidation sites excluding steroid dienone is 5. The van der Waals surface area contributed by atoms with Crippen molar-refractivity contribution in [2.75, 3.05) is 11.1 Å². The van der Waals surface area contributed by atoms with Crippen LogP contribution in [0.5, 0.6) is 0 Å². The molecule has 1 N–H and O–H groups in total. The van der Waals surface area contributed by atoms with Crippen molar-refractivity contribution in [3.8, 4) is 0 Å². The molecule has 150 valence electrons. The average Bonchev–Trinajstić information content (AvgIpc) is 2.74. The SMILES string of the molecule is Cc1ccc(NC(=O)CSC2=C(c3ccccc3)C3C=C(Cl)C=CC3=NC2=O)cc1. The number of benzene rings is 2. The standard InChI is InChI=1S/C24H19ClN2O2S/c1-15-7-10-18(11-8-15)26-21(28)14-30-23-22(16-5-3-2-4-6-16)19-13-17(25)9-12-20(19)27-24(23)29/h2-13,19H,14H2,1H3,(H,26,28). The van der Waals surface area contributed by atoms with E-state index in [9.17, 15) is 9.59 Å². The molecule has 0 fully saturated rings. The highest BCUT2D eigenvalue weighted by atomic mass is 35.5. The van der Waals surface area contributed by atoms with Gasteiger partial charge in [-0.1, -0.05) is 65.7 Å². The number of aryl methyl sites for hydroxylation is 1. The van der Waals surface area contributed by atoms with E-state index in [0.29, 0.717) is 15.6 Å². The molecular formula is C24H19ClN2O2S. The minimum Gasteiger partial charge on any atom is -0.325 e. The first-order valence-corrected chi connectivity index (χ1v) is 10.8. The van der Waals surface area contributed by atoms with Gasteiger partial charge in [-0.05, 0) is 42.3 Å². The number of aliphatic imine (C=N–C) groups is 1. The summed E-state index contributed by atoms with van der Waals surface area (Å²) in [4.78, 5) is 30.0. The van der Waals surface area contributed by atoms with Crippen LogP contribution in [-0.2, 0) is 9.59 Å². The Morgan fingerprint density at radius 1 is 1.10 bits per heavy atom. The fourth-order valence-electron chi connectivity index (χ4n) is 3.37. The summed E-state index contributed by atoms with van der Waals surface area (Å²) in [7, 11) is 0. The van der Waals surface area contributed by atoms with Crippen molar-refractivity contribution in [1.29, 1.82) is 0 Å². The van der Waals surface area contributed by atoms with Gasteiger partial charge in [0.15, 0.2) is 0 Å². The largest absolute Gasteiger partial charge is 0.325 e. The van der Waals surface area contributed by atoms with Gasteiger partial charge >= 0.3 is 0 Å². The predicted octanol–water partition coefficient (Wildman–Crippen LogP) is 5.37. The van der Waals surface area contributed by atoms with Gasteiger partial charge in [-0.3, -0.25) is 9.59 Å². The summed E-state index contributed by atoms with van der Waals surface area (Å²) in [5.41, 5.74) is 4.26. The molecule has 2 amide bonds. The smallest absolute Gasteiger partial charge is 0.284 e. The molecule has 6 heteroatoms. The molecule has 2 aromatic rings. The Morgan fingerprint density at radius 3 is 2.57 bits per heavy atom. The number of amides is 2. The first-order valence-electron chi connectivity index (χ1n) is 9.48. The maximum atomic E-state index is 12.8. The van der Waals surface area contributed by atoms with Gasteiger partial charge in [0.05, 0.1) is 16.4 Å². The number of halogens is 1. The van der Waals surface area contributed by atoms with E-state index in [1.54, 1.807) is 12.2 Å². The lowest BCUT2D eigenvalue weighted by Gasteiger charge is -2.26. The van der Waals surface area contributed by atoms with Crippen LogP contribution in [0.25, 0.3) is 5.57 Å². The minimum absolute atomic E-state index is 0.107. The average molecular weight is 435 g/mol. The van der Waals surface area contributed by atoms with Gasteiger partial charge in [0.2, 0.25) is 5.91 Å². The van der Waals surface area contributed by atoms with E-state index in [1.165, 1.54) is 11.8 Å². The first kappa shape index (κ1) is 20.4. The highest BCUT2D eigenvalue weighted by Gasteiger charge is 2.32. The van der Waals surface area contributed by atoms with E-state index in [2.05, 4.69) is 10.3 Å². The number of hydrogen-bond acceptors (Lipinski definition) is 3. The summed E-state index contributed by atoms with van der Waals surface area (Å²) in [6.07, 6.45) is 5.40. The molecule has 2 aliphatic rings. The van der Waals surface area contributed by atoms with E-state index in [0.717, 1.165) is 22.4 Å². The summed E-state index contributed by atoms with van der Waals surface area (Å²) < 4.78 is 0. The molecule has 2 aromatic carbocycles. The third-order valence-corrected chi connectivity index (χ3v) is 6.15. The lowest BCUT2D eigenvalue weighted by Crippen LogP contribution is -2.24. The summed E-state index contributed by atoms with van der Waals surface area (Å²) in [5.74, 6) is -0.617. The van der Waals surface area contributed by atoms with Crippen LogP contribution in [0.1, 0.15) is 11.1 Å². The van der Waals surface area contributed by atoms with Gasteiger partial charge in [0.25, 0.3) is 5.91 Å². The van der Waals surface area contributed by atoms with E-state index < -0.39 is 0 Å². The van der Waals surface area contributed by atoms with Crippen LogP contribution < -0.4 is 5.32 Å². The molecule has 1 atom stereocenters. The van der Waals surface area contributed by atoms with Crippen LogP contribution in [0.15, 0.2) is 87.8 Å². The Kier molecular flexibility index (Phi) is 6.02. The van der Waals surface area contributed by atoms with Crippen LogP contribution in [0.2, 0.25) is 0 Å². The summed E-state index contributed by atoms with van der Waals surface area (Å²) in [5, 5.41) is 3.47. The first-order chi connectivity index (χ1) is 14.5. The number of carbonyl (C=O) groups is 2. The number of dihydropyridines is 1. The molecular weight excluding hydrogens is 416 g/mol. The van der Waals surface area contributed by atoms with Crippen molar-refractivity contribution < 1.29 is 9.59 Å². The number of fused-ring (bicyclic) bond motifs is 1. The number of nitrogens with zero attached hydrogens (tertiary/aromatic N) is 1. The van der Waals surface area contributed by atoms with Crippen molar-refractivity contribution in [1.82, 2.24) is 0 Å². The van der Waals surface area contributed by atoms with E-state index in [1.807, 2.05) is 67.6 Å². The molecule has 4 rings (SSSR count). The highest BCUT2D eigenvalue weighted by molar-refractivity contribution is 8.04. The Bertz CT molecular complexity index is 1120. The van der Waals surface area contributed by atoms with Crippen LogP contribution in [0, 0.1) is 12.8 Å². The zero-order chi connectivity index (χ0) is 21.1. The van der Waals surface area contributed by atoms with Gasteiger partial charge in [-0.15, -0.1) is 11.8 Å². The van der Waals surface area contributed by atoms with Crippen LogP contribution in [-0.4, -0.2) is 23.3 Å². The maximum absolute atomic E-state index is 12.8. The number of carbonyl (C=O) groups excluding carboxylic acids is 2. The molecule has 1 heterocycles. The van der Waals surface area contributed by atoms with Crippen molar-refractivity contribution in [2.45, 2.75) is 6.92 Å². The molecule has 0 aromatic heterocycles. The monoisotopic (exact) mass is 434 g/mol. The fourth-order valence-corrected chi connectivity index (χ4v) is 4.48. The van der Waals surface area contributed by atoms with Gasteiger partial charge in [0, 0.05) is 16.6 Å². The van der Waals surface area contributed by atoms with Crippen molar-refractivity contribution >= 4 is 52.1 Å². The lowest BCUT2D eigenvalue weighted by molar-refractivity contribution is -0.114. The normalized spacial score (nSPS) is 17.9. The van der Waals surface area contributed by atoms with Gasteiger partial charge in [0.1, 0.15) is 0 Å². The molecule has 0 saturated heterocycles. The van der Waals surface area contributed by atoms with Crippen molar-refractivity contribution in [3.05, 3.63) is 93.9 Å². The topological polar surface area (TPSA) is 58.5 Å². The minimum atomic E-state index is -0.329. The number of hydrogen-bond donors (Lipinski definition) is 1. The van der Waals surface area contributed by atoms with Crippen molar-refractivity contribution in [2.24, 2.45) is 10.9 Å². The van der Waals surface area contributed by atoms with Gasteiger partial charge in [-0.2, -0.15) is 0 Å². The van der Waals surface area contributed by atoms with E-state index in [-0.39, 0.29) is 23.5 Å². The van der Waals surface area contributed by atoms with Crippen LogP contribution >= 0.6 is 23.4 Å². The summed E-state index contributed by atoms with van der Waals surface area (Å²) >= 11 is 7.45. The zero-order valence-electron chi connectivity index (χ0n) is 16.3. The molecule has 0 spiro atoms. The second kappa shape index (κ2) is 8.86. The Balaban J connectivity index is 1.61. The lowest BCUT2D eigenvalue weighted by atomic mass is 9.84. The number of thioether (sulfide) groups is 1.